The summed E-state index contributed by atoms with van der Waals surface area (Å²) in [6.07, 6.45) is -6.28. The number of hydrogen-bond donors (Lipinski definition) is 2. The fourth-order valence-electron chi connectivity index (χ4n) is 4.57. The molecule has 2 aromatic carbocycles. The summed E-state index contributed by atoms with van der Waals surface area (Å²) >= 11 is 0. The van der Waals surface area contributed by atoms with E-state index in [-0.39, 0.29) is 32.0 Å². The molecule has 1 aliphatic heterocycles. The van der Waals surface area contributed by atoms with Gasteiger partial charge in [-0.3, -0.25) is 9.59 Å². The van der Waals surface area contributed by atoms with Crippen LogP contribution in [0.1, 0.15) is 30.4 Å². The van der Waals surface area contributed by atoms with Crippen molar-refractivity contribution in [1.82, 2.24) is 10.2 Å². The summed E-state index contributed by atoms with van der Waals surface area (Å²) in [5, 5.41) is 10.9. The maximum Gasteiger partial charge on any atom is 0.417 e. The van der Waals surface area contributed by atoms with Gasteiger partial charge in [0.05, 0.1) is 0 Å². The molecule has 7 nitrogen and oxygen atoms in total. The third-order valence-corrected chi connectivity index (χ3v) is 6.61. The molecule has 1 unspecified atom stereocenters. The zero-order valence-electron chi connectivity index (χ0n) is 18.3. The molecule has 4 rings (SSSR count). The minimum Gasteiger partial charge on any atom is -0.481 e. The number of benzene rings is 2. The summed E-state index contributed by atoms with van der Waals surface area (Å²) in [5.74, 6) is -2.94. The Hall–Kier alpha value is -3.56. The molecular weight excluding hydrogens is 453 g/mol. The Balaban J connectivity index is 1.43. The lowest BCUT2D eigenvalue weighted by atomic mass is 9.77. The van der Waals surface area contributed by atoms with Gasteiger partial charge in [0, 0.05) is 19.0 Å². The third-order valence-electron chi connectivity index (χ3n) is 6.61. The summed E-state index contributed by atoms with van der Waals surface area (Å²) in [7, 11) is 0. The summed E-state index contributed by atoms with van der Waals surface area (Å²) < 4.78 is 45.9. The molecule has 0 spiro atoms. The molecule has 0 saturated carbocycles. The number of alkyl carbamates (subject to hydrolysis) is 1. The minimum atomic E-state index is -5.07. The number of aliphatic carboxylic acids is 1. The lowest BCUT2D eigenvalue weighted by molar-refractivity contribution is -0.185. The van der Waals surface area contributed by atoms with Crippen LogP contribution in [0.2, 0.25) is 0 Å². The largest absolute Gasteiger partial charge is 0.481 e. The molecule has 2 aromatic rings. The monoisotopic (exact) mass is 476 g/mol. The summed E-state index contributed by atoms with van der Waals surface area (Å²) in [6, 6.07) is 12.2. The second-order valence-corrected chi connectivity index (χ2v) is 8.58. The average molecular weight is 476 g/mol. The van der Waals surface area contributed by atoms with Crippen LogP contribution in [0.4, 0.5) is 18.0 Å². The maximum absolute atomic E-state index is 13.6. The summed E-state index contributed by atoms with van der Waals surface area (Å²) in [4.78, 5) is 36.9. The predicted molar refractivity (Wildman–Crippen MR) is 115 cm³/mol. The first kappa shape index (κ1) is 23.6. The van der Waals surface area contributed by atoms with Gasteiger partial charge in [0.1, 0.15) is 12.0 Å². The normalized spacial score (nSPS) is 17.2. The first-order chi connectivity index (χ1) is 16.1. The fraction of sp³-hybridized carbons (Fsp3) is 0.375. The number of carboxylic acids is 1. The van der Waals surface area contributed by atoms with Gasteiger partial charge < -0.3 is 20.1 Å². The van der Waals surface area contributed by atoms with Crippen molar-refractivity contribution < 1.29 is 37.4 Å². The number of carboxylic acid groups (broad SMARTS) is 1. The van der Waals surface area contributed by atoms with E-state index < -0.39 is 35.6 Å². The number of amides is 2. The second kappa shape index (κ2) is 8.66. The van der Waals surface area contributed by atoms with Gasteiger partial charge in [-0.25, -0.2) is 4.79 Å². The fourth-order valence-corrected chi connectivity index (χ4v) is 4.57. The zero-order chi connectivity index (χ0) is 24.7. The van der Waals surface area contributed by atoms with Crippen LogP contribution in [0.25, 0.3) is 11.1 Å². The van der Waals surface area contributed by atoms with Crippen LogP contribution in [0.15, 0.2) is 48.5 Å². The molecule has 2 aliphatic rings. The van der Waals surface area contributed by atoms with Gasteiger partial charge in [-0.05, 0) is 28.7 Å². The quantitative estimate of drug-likeness (QED) is 0.662. The average Bonchev–Trinajstić information content (AvgIpc) is 3.08. The predicted octanol–water partition coefficient (Wildman–Crippen LogP) is 3.78. The van der Waals surface area contributed by atoms with Crippen LogP contribution >= 0.6 is 0 Å². The highest BCUT2D eigenvalue weighted by atomic mass is 19.4. The molecule has 0 radical (unpaired) electrons. The van der Waals surface area contributed by atoms with Crippen molar-refractivity contribution in [1.29, 1.82) is 0 Å². The van der Waals surface area contributed by atoms with Crippen molar-refractivity contribution >= 4 is 18.0 Å². The van der Waals surface area contributed by atoms with Gasteiger partial charge in [-0.15, -0.1) is 0 Å². The molecule has 1 aliphatic carbocycles. The number of nitrogens with one attached hydrogen (secondary N) is 1. The van der Waals surface area contributed by atoms with Gasteiger partial charge in [0.15, 0.2) is 0 Å². The Labute approximate surface area is 193 Å². The topological polar surface area (TPSA) is 95.9 Å². The van der Waals surface area contributed by atoms with Crippen LogP contribution in [0, 0.1) is 5.41 Å². The first-order valence-electron chi connectivity index (χ1n) is 10.8. The van der Waals surface area contributed by atoms with Crippen molar-refractivity contribution in [2.45, 2.75) is 31.5 Å². The van der Waals surface area contributed by atoms with E-state index in [0.29, 0.717) is 0 Å². The van der Waals surface area contributed by atoms with E-state index in [9.17, 15) is 32.7 Å². The molecule has 2 N–H and O–H groups in total. The highest BCUT2D eigenvalue weighted by Gasteiger charge is 2.55. The Bertz CT molecular complexity index is 1080. The van der Waals surface area contributed by atoms with Crippen LogP contribution in [0.5, 0.6) is 0 Å². The lowest BCUT2D eigenvalue weighted by Crippen LogP contribution is -2.67. The molecule has 0 aromatic heterocycles. The zero-order valence-corrected chi connectivity index (χ0v) is 18.3. The molecule has 1 fully saturated rings. The van der Waals surface area contributed by atoms with Crippen LogP contribution in [0.3, 0.4) is 0 Å². The van der Waals surface area contributed by atoms with E-state index in [0.717, 1.165) is 27.2 Å². The molecule has 1 atom stereocenters. The number of halogens is 3. The standard InChI is InChI=1S/C24H23F3N2O5/c1-2-23(21(31)32)12-29(13-23)20(30)19(24(25,26)27)28-22(33)34-11-18-16-9-5-3-7-14(16)15-8-4-6-10-17(15)18/h3-10,18-19H,2,11-13H2,1H3,(H,28,33)(H,31,32). The molecular formula is C24H23F3N2O5. The number of carbonyl (C=O) groups excluding carboxylic acids is 2. The molecule has 0 bridgehead atoms. The number of carbonyl (C=O) groups is 3. The molecule has 10 heteroatoms. The van der Waals surface area contributed by atoms with Gasteiger partial charge in [0.2, 0.25) is 6.04 Å². The molecule has 34 heavy (non-hydrogen) atoms. The first-order valence-corrected chi connectivity index (χ1v) is 10.8. The van der Waals surface area contributed by atoms with E-state index in [4.69, 9.17) is 4.74 Å². The second-order valence-electron chi connectivity index (χ2n) is 8.58. The van der Waals surface area contributed by atoms with Crippen molar-refractivity contribution in [2.75, 3.05) is 19.7 Å². The van der Waals surface area contributed by atoms with Gasteiger partial charge in [-0.2, -0.15) is 13.2 Å². The molecule has 180 valence electrons. The Morgan fingerprint density at radius 3 is 2.09 bits per heavy atom. The third kappa shape index (κ3) is 4.08. The molecule has 1 heterocycles. The van der Waals surface area contributed by atoms with Crippen molar-refractivity contribution in [3.05, 3.63) is 59.7 Å². The van der Waals surface area contributed by atoms with E-state index in [1.165, 1.54) is 0 Å². The number of rotatable bonds is 6. The number of ether oxygens (including phenoxy) is 1. The van der Waals surface area contributed by atoms with E-state index in [1.807, 2.05) is 48.5 Å². The van der Waals surface area contributed by atoms with Crippen LogP contribution < -0.4 is 5.32 Å². The van der Waals surface area contributed by atoms with Crippen molar-refractivity contribution in [3.63, 3.8) is 0 Å². The van der Waals surface area contributed by atoms with Gasteiger partial charge in [0.25, 0.3) is 5.91 Å². The number of hydrogen-bond acceptors (Lipinski definition) is 4. The Morgan fingerprint density at radius 2 is 1.62 bits per heavy atom. The van der Waals surface area contributed by atoms with E-state index >= 15 is 0 Å². The number of alkyl halides is 3. The highest BCUT2D eigenvalue weighted by Crippen LogP contribution is 2.44. The minimum absolute atomic E-state index is 0.169. The van der Waals surface area contributed by atoms with Crippen molar-refractivity contribution in [2.24, 2.45) is 5.41 Å². The summed E-state index contributed by atoms with van der Waals surface area (Å²) in [5.41, 5.74) is 2.45. The smallest absolute Gasteiger partial charge is 0.417 e. The highest BCUT2D eigenvalue weighted by molar-refractivity contribution is 5.89. The van der Waals surface area contributed by atoms with Crippen LogP contribution in [-0.4, -0.2) is 59.9 Å². The maximum atomic E-state index is 13.6. The van der Waals surface area contributed by atoms with E-state index in [1.54, 1.807) is 12.2 Å². The number of fused-ring (bicyclic) bond motifs is 3. The van der Waals surface area contributed by atoms with Gasteiger partial charge in [-0.1, -0.05) is 55.5 Å². The number of likely N-dealkylation sites (tertiary alicyclic amines) is 1. The number of nitrogens with zero attached hydrogens (tertiary/aromatic N) is 1. The molecule has 2 amide bonds. The summed E-state index contributed by atoms with van der Waals surface area (Å²) in [6.45, 7) is 0.680. The Morgan fingerprint density at radius 1 is 1.09 bits per heavy atom. The van der Waals surface area contributed by atoms with E-state index in [2.05, 4.69) is 0 Å². The van der Waals surface area contributed by atoms with Gasteiger partial charge >= 0.3 is 18.2 Å². The lowest BCUT2D eigenvalue weighted by Gasteiger charge is -2.47. The SMILES string of the molecule is CCC1(C(=O)O)CN(C(=O)C(NC(=O)OCC2c3ccccc3-c3ccccc32)C(F)(F)F)C1. The molecule has 1 saturated heterocycles. The van der Waals surface area contributed by atoms with Crippen LogP contribution in [-0.2, 0) is 14.3 Å². The van der Waals surface area contributed by atoms with Crippen molar-refractivity contribution in [3.8, 4) is 11.1 Å². The Kier molecular flexibility index (Phi) is 6.01.